The van der Waals surface area contributed by atoms with Gasteiger partial charge in [0.1, 0.15) is 5.75 Å². The van der Waals surface area contributed by atoms with Gasteiger partial charge in [-0.05, 0) is 18.6 Å². The fourth-order valence-electron chi connectivity index (χ4n) is 1.39. The zero-order chi connectivity index (χ0) is 14.5. The van der Waals surface area contributed by atoms with E-state index in [4.69, 9.17) is 4.74 Å². The fraction of sp³-hybridized carbons (Fsp3) is 0.250. The summed E-state index contributed by atoms with van der Waals surface area (Å²) < 4.78 is 29.9. The molecule has 106 valence electrons. The van der Waals surface area contributed by atoms with Crippen LogP contribution in [0.5, 0.6) is 5.75 Å². The summed E-state index contributed by atoms with van der Waals surface area (Å²) in [5, 5.41) is 8.67. The number of hydrogen-bond acceptors (Lipinski definition) is 5. The summed E-state index contributed by atoms with van der Waals surface area (Å²) in [5.41, 5.74) is 0.899. The number of alkyl halides is 2. The average molecular weight is 299 g/mol. The van der Waals surface area contributed by atoms with E-state index >= 15 is 0 Å². The van der Waals surface area contributed by atoms with Crippen molar-refractivity contribution in [1.82, 2.24) is 10.2 Å². The van der Waals surface area contributed by atoms with Crippen molar-refractivity contribution >= 4 is 22.4 Å². The number of halogens is 2. The number of hydrogen-bond donors (Lipinski definition) is 1. The molecule has 0 atom stereocenters. The van der Waals surface area contributed by atoms with Crippen LogP contribution in [-0.4, -0.2) is 22.7 Å². The number of aromatic nitrogens is 2. The van der Waals surface area contributed by atoms with E-state index < -0.39 is 17.3 Å². The van der Waals surface area contributed by atoms with Crippen LogP contribution in [0.15, 0.2) is 24.3 Å². The summed E-state index contributed by atoms with van der Waals surface area (Å²) in [5.74, 6) is 0.110. The average Bonchev–Trinajstić information content (AvgIpc) is 2.86. The van der Waals surface area contributed by atoms with Gasteiger partial charge >= 0.3 is 0 Å². The molecule has 0 fully saturated rings. The fourth-order valence-corrected chi connectivity index (χ4v) is 2.01. The Bertz CT molecular complexity index is 604. The van der Waals surface area contributed by atoms with E-state index in [0.29, 0.717) is 17.1 Å². The largest absolute Gasteiger partial charge is 0.483 e. The number of rotatable bonds is 5. The molecule has 1 aromatic heterocycles. The Kier molecular flexibility index (Phi) is 4.57. The molecule has 0 saturated heterocycles. The quantitative estimate of drug-likeness (QED) is 0.922. The third kappa shape index (κ3) is 3.70. The Balaban J connectivity index is 1.88. The number of benzene rings is 1. The van der Waals surface area contributed by atoms with E-state index in [0.717, 1.165) is 5.56 Å². The maximum absolute atomic E-state index is 12.3. The number of nitrogens with one attached hydrogen (secondary N) is 1. The smallest absolute Gasteiger partial charge is 0.291 e. The second-order valence-corrected chi connectivity index (χ2v) is 4.86. The molecule has 8 heteroatoms. The third-order valence-corrected chi connectivity index (χ3v) is 3.17. The first-order valence-electron chi connectivity index (χ1n) is 5.66. The molecule has 1 amide bonds. The summed E-state index contributed by atoms with van der Waals surface area (Å²) in [4.78, 5) is 11.6. The molecular formula is C12H11F2N3O2S. The zero-order valence-corrected chi connectivity index (χ0v) is 11.3. The molecule has 5 nitrogen and oxygen atoms in total. The molecule has 1 aromatic carbocycles. The van der Waals surface area contributed by atoms with Crippen LogP contribution >= 0.6 is 11.3 Å². The van der Waals surface area contributed by atoms with Gasteiger partial charge in [0.05, 0.1) is 0 Å². The van der Waals surface area contributed by atoms with Gasteiger partial charge in [-0.3, -0.25) is 10.1 Å². The molecular weight excluding hydrogens is 288 g/mol. The van der Waals surface area contributed by atoms with Crippen molar-refractivity contribution in [1.29, 1.82) is 0 Å². The Morgan fingerprint density at radius 1 is 1.40 bits per heavy atom. The highest BCUT2D eigenvalue weighted by Gasteiger charge is 2.15. The van der Waals surface area contributed by atoms with Crippen molar-refractivity contribution in [3.63, 3.8) is 0 Å². The monoisotopic (exact) mass is 299 g/mol. The number of carbonyl (C=O) groups excluding carboxylic acids is 1. The van der Waals surface area contributed by atoms with Crippen LogP contribution in [0, 0.1) is 6.92 Å². The highest BCUT2D eigenvalue weighted by molar-refractivity contribution is 7.15. The van der Waals surface area contributed by atoms with Gasteiger partial charge in [0, 0.05) is 0 Å². The summed E-state index contributed by atoms with van der Waals surface area (Å²) in [7, 11) is 0. The van der Waals surface area contributed by atoms with E-state index in [9.17, 15) is 13.6 Å². The van der Waals surface area contributed by atoms with Gasteiger partial charge in [-0.25, -0.2) is 8.78 Å². The van der Waals surface area contributed by atoms with Crippen molar-refractivity contribution in [2.45, 2.75) is 13.3 Å². The Morgan fingerprint density at radius 3 is 2.80 bits per heavy atom. The van der Waals surface area contributed by atoms with E-state index in [1.165, 1.54) is 0 Å². The van der Waals surface area contributed by atoms with Crippen LogP contribution in [0.3, 0.4) is 0 Å². The summed E-state index contributed by atoms with van der Waals surface area (Å²) in [6, 6.07) is 7.24. The van der Waals surface area contributed by atoms with E-state index in [-0.39, 0.29) is 11.7 Å². The number of anilines is 1. The van der Waals surface area contributed by atoms with Crippen molar-refractivity contribution in [3.8, 4) is 5.75 Å². The molecule has 0 saturated carbocycles. The maximum atomic E-state index is 12.3. The molecule has 1 heterocycles. The van der Waals surface area contributed by atoms with E-state index in [1.807, 2.05) is 19.1 Å². The lowest BCUT2D eigenvalue weighted by atomic mass is 10.2. The van der Waals surface area contributed by atoms with Crippen molar-refractivity contribution in [2.75, 3.05) is 11.9 Å². The maximum Gasteiger partial charge on any atom is 0.291 e. The molecule has 0 aliphatic heterocycles. The number of amides is 1. The highest BCUT2D eigenvalue weighted by Crippen LogP contribution is 2.25. The van der Waals surface area contributed by atoms with Gasteiger partial charge in [0.15, 0.2) is 11.6 Å². The Morgan fingerprint density at radius 2 is 2.15 bits per heavy atom. The standard InChI is InChI=1S/C12H11F2N3O2S/c1-7-4-2-3-5-8(7)19-6-9(18)15-12-17-16-11(20-12)10(13)14/h2-5,10H,6H2,1H3,(H,15,17,18). The molecule has 0 bridgehead atoms. The SMILES string of the molecule is Cc1ccccc1OCC(=O)Nc1nnc(C(F)F)s1. The number of aryl methyl sites for hydroxylation is 1. The van der Waals surface area contributed by atoms with Crippen molar-refractivity contribution in [2.24, 2.45) is 0 Å². The first kappa shape index (κ1) is 14.3. The minimum absolute atomic E-state index is 0.0266. The number of para-hydroxylation sites is 1. The van der Waals surface area contributed by atoms with Gasteiger partial charge in [-0.15, -0.1) is 10.2 Å². The second kappa shape index (κ2) is 6.38. The number of nitrogens with zero attached hydrogens (tertiary/aromatic N) is 2. The van der Waals surface area contributed by atoms with Crippen LogP contribution in [0.4, 0.5) is 13.9 Å². The number of carbonyl (C=O) groups is 1. The Labute approximate surface area is 117 Å². The van der Waals surface area contributed by atoms with Crippen LogP contribution in [0.1, 0.15) is 17.0 Å². The van der Waals surface area contributed by atoms with Gasteiger partial charge < -0.3 is 4.74 Å². The summed E-state index contributed by atoms with van der Waals surface area (Å²) >= 11 is 0.634. The first-order chi connectivity index (χ1) is 9.56. The molecule has 2 aromatic rings. The van der Waals surface area contributed by atoms with Gasteiger partial charge in [-0.2, -0.15) is 0 Å². The minimum Gasteiger partial charge on any atom is -0.483 e. The molecule has 0 unspecified atom stereocenters. The normalized spacial score (nSPS) is 10.6. The molecule has 0 aliphatic rings. The van der Waals surface area contributed by atoms with Gasteiger partial charge in [0.25, 0.3) is 12.3 Å². The summed E-state index contributed by atoms with van der Waals surface area (Å²) in [6.45, 7) is 1.63. The lowest BCUT2D eigenvalue weighted by Gasteiger charge is -2.07. The predicted molar refractivity (Wildman–Crippen MR) is 70.2 cm³/mol. The second-order valence-electron chi connectivity index (χ2n) is 3.85. The molecule has 0 aliphatic carbocycles. The van der Waals surface area contributed by atoms with E-state index in [2.05, 4.69) is 15.5 Å². The van der Waals surface area contributed by atoms with E-state index in [1.54, 1.807) is 12.1 Å². The zero-order valence-electron chi connectivity index (χ0n) is 10.5. The van der Waals surface area contributed by atoms with Crippen LogP contribution in [0.2, 0.25) is 0 Å². The van der Waals surface area contributed by atoms with Crippen molar-refractivity contribution in [3.05, 3.63) is 34.8 Å². The van der Waals surface area contributed by atoms with Crippen LogP contribution in [0.25, 0.3) is 0 Å². The highest BCUT2D eigenvalue weighted by atomic mass is 32.1. The van der Waals surface area contributed by atoms with Gasteiger partial charge in [-0.1, -0.05) is 29.5 Å². The molecule has 20 heavy (non-hydrogen) atoms. The predicted octanol–water partition coefficient (Wildman–Crippen LogP) is 2.80. The number of ether oxygens (including phenoxy) is 1. The molecule has 1 N–H and O–H groups in total. The van der Waals surface area contributed by atoms with Gasteiger partial charge in [0.2, 0.25) is 5.13 Å². The minimum atomic E-state index is -2.69. The lowest BCUT2D eigenvalue weighted by molar-refractivity contribution is -0.118. The summed E-state index contributed by atoms with van der Waals surface area (Å²) in [6.07, 6.45) is -2.69. The first-order valence-corrected chi connectivity index (χ1v) is 6.47. The third-order valence-electron chi connectivity index (χ3n) is 2.33. The molecule has 2 rings (SSSR count). The topological polar surface area (TPSA) is 64.1 Å². The van der Waals surface area contributed by atoms with Crippen molar-refractivity contribution < 1.29 is 18.3 Å². The molecule has 0 radical (unpaired) electrons. The van der Waals surface area contributed by atoms with Crippen LogP contribution < -0.4 is 10.1 Å². The Hall–Kier alpha value is -2.09. The molecule has 0 spiro atoms. The lowest BCUT2D eigenvalue weighted by Crippen LogP contribution is -2.20. The van der Waals surface area contributed by atoms with Crippen LogP contribution in [-0.2, 0) is 4.79 Å².